The zero-order valence-electron chi connectivity index (χ0n) is 11.6. The number of anilines is 1. The first-order chi connectivity index (χ1) is 10.2. The summed E-state index contributed by atoms with van der Waals surface area (Å²) in [4.78, 5) is 12.0. The van der Waals surface area contributed by atoms with Crippen molar-refractivity contribution in [2.45, 2.75) is 6.42 Å². The molecule has 3 heteroatoms. The molecule has 0 atom stereocenters. The first-order valence-corrected chi connectivity index (χ1v) is 7.00. The molecule has 2 rings (SSSR count). The van der Waals surface area contributed by atoms with Crippen molar-refractivity contribution in [1.29, 1.82) is 0 Å². The highest BCUT2D eigenvalue weighted by Crippen LogP contribution is 2.16. The number of allylic oxidation sites excluding steroid dienone is 1. The van der Waals surface area contributed by atoms with Crippen molar-refractivity contribution in [1.82, 2.24) is 0 Å². The second-order valence-corrected chi connectivity index (χ2v) is 4.96. The van der Waals surface area contributed by atoms with Gasteiger partial charge in [-0.2, -0.15) is 0 Å². The summed E-state index contributed by atoms with van der Waals surface area (Å²) in [6.45, 7) is 3.72. The molecule has 0 aliphatic carbocycles. The lowest BCUT2D eigenvalue weighted by atomic mass is 10.1. The molecule has 0 aromatic heterocycles. The smallest absolute Gasteiger partial charge is 0.248 e. The third kappa shape index (κ3) is 4.62. The molecular formula is C18H16ClNO. The normalized spacial score (nSPS) is 10.5. The molecule has 0 saturated carbocycles. The van der Waals surface area contributed by atoms with E-state index in [1.807, 2.05) is 42.5 Å². The van der Waals surface area contributed by atoms with Gasteiger partial charge in [0.15, 0.2) is 0 Å². The Kier molecular flexibility index (Phi) is 5.35. The quantitative estimate of drug-likeness (QED) is 0.628. The Bertz CT molecular complexity index is 676. The van der Waals surface area contributed by atoms with Gasteiger partial charge in [0.1, 0.15) is 0 Å². The van der Waals surface area contributed by atoms with Crippen molar-refractivity contribution in [2.75, 3.05) is 5.32 Å². The average molecular weight is 298 g/mol. The van der Waals surface area contributed by atoms with Crippen LogP contribution in [0.25, 0.3) is 6.08 Å². The van der Waals surface area contributed by atoms with Crippen LogP contribution in [0.4, 0.5) is 5.69 Å². The van der Waals surface area contributed by atoms with Crippen molar-refractivity contribution >= 4 is 29.3 Å². The minimum atomic E-state index is -0.175. The second-order valence-electron chi connectivity index (χ2n) is 4.53. The fourth-order valence-corrected chi connectivity index (χ4v) is 2.13. The number of para-hydroxylation sites is 1. The summed E-state index contributed by atoms with van der Waals surface area (Å²) in [6.07, 6.45) is 5.76. The van der Waals surface area contributed by atoms with Crippen LogP contribution in [0.5, 0.6) is 0 Å². The van der Waals surface area contributed by atoms with Crippen LogP contribution in [-0.4, -0.2) is 5.91 Å². The summed E-state index contributed by atoms with van der Waals surface area (Å²) in [5, 5.41) is 3.52. The maximum atomic E-state index is 12.0. The minimum absolute atomic E-state index is 0.175. The number of hydrogen-bond donors (Lipinski definition) is 1. The van der Waals surface area contributed by atoms with Crippen LogP contribution in [0.1, 0.15) is 11.1 Å². The van der Waals surface area contributed by atoms with Crippen LogP contribution in [0.15, 0.2) is 67.3 Å². The van der Waals surface area contributed by atoms with Crippen LogP contribution >= 0.6 is 11.6 Å². The molecule has 2 aromatic rings. The number of hydrogen-bond acceptors (Lipinski definition) is 1. The molecule has 2 aromatic carbocycles. The summed E-state index contributed by atoms with van der Waals surface area (Å²) in [5.74, 6) is -0.175. The fraction of sp³-hybridized carbons (Fsp3) is 0.0556. The Morgan fingerprint density at radius 1 is 1.19 bits per heavy atom. The minimum Gasteiger partial charge on any atom is -0.322 e. The van der Waals surface area contributed by atoms with E-state index in [1.54, 1.807) is 18.2 Å². The predicted molar refractivity (Wildman–Crippen MR) is 89.5 cm³/mol. The summed E-state index contributed by atoms with van der Waals surface area (Å²) in [7, 11) is 0. The summed E-state index contributed by atoms with van der Waals surface area (Å²) in [6, 6.07) is 15.0. The van der Waals surface area contributed by atoms with Crippen LogP contribution in [0, 0.1) is 0 Å². The third-order valence-corrected chi connectivity index (χ3v) is 3.15. The summed E-state index contributed by atoms with van der Waals surface area (Å²) < 4.78 is 0. The Balaban J connectivity index is 2.06. The third-order valence-electron chi connectivity index (χ3n) is 2.92. The molecule has 0 bridgehead atoms. The number of halogens is 1. The van der Waals surface area contributed by atoms with Crippen molar-refractivity contribution in [2.24, 2.45) is 0 Å². The maximum absolute atomic E-state index is 12.0. The molecule has 106 valence electrons. The number of carbonyl (C=O) groups excluding carboxylic acids is 1. The van der Waals surface area contributed by atoms with Crippen LogP contribution < -0.4 is 5.32 Å². The van der Waals surface area contributed by atoms with Crippen molar-refractivity contribution in [3.8, 4) is 0 Å². The van der Waals surface area contributed by atoms with Gasteiger partial charge in [-0.25, -0.2) is 0 Å². The van der Waals surface area contributed by atoms with E-state index < -0.39 is 0 Å². The van der Waals surface area contributed by atoms with Crippen molar-refractivity contribution < 1.29 is 4.79 Å². The number of nitrogens with one attached hydrogen (secondary N) is 1. The first-order valence-electron chi connectivity index (χ1n) is 6.62. The van der Waals surface area contributed by atoms with Crippen LogP contribution in [0.2, 0.25) is 5.02 Å². The number of carbonyl (C=O) groups is 1. The molecule has 1 amide bonds. The standard InChI is InChI=1S/C18H16ClNO/c1-2-6-15-8-3-4-10-17(15)20-18(21)12-11-14-7-5-9-16(19)13-14/h2-5,7-13H,1,6H2,(H,20,21)/b12-11+. The Labute approximate surface area is 129 Å². The number of rotatable bonds is 5. The monoisotopic (exact) mass is 297 g/mol. The summed E-state index contributed by atoms with van der Waals surface area (Å²) >= 11 is 5.90. The van der Waals surface area contributed by atoms with Gasteiger partial charge in [-0.15, -0.1) is 6.58 Å². The second kappa shape index (κ2) is 7.46. The van der Waals surface area contributed by atoms with Gasteiger partial charge >= 0.3 is 0 Å². The van der Waals surface area contributed by atoms with Gasteiger partial charge in [0.05, 0.1) is 0 Å². The maximum Gasteiger partial charge on any atom is 0.248 e. The van der Waals surface area contributed by atoms with E-state index in [-0.39, 0.29) is 5.91 Å². The Hall–Kier alpha value is -2.32. The van der Waals surface area contributed by atoms with E-state index in [2.05, 4.69) is 11.9 Å². The molecule has 1 N–H and O–H groups in total. The molecule has 0 fully saturated rings. The van der Waals surface area contributed by atoms with E-state index in [4.69, 9.17) is 11.6 Å². The number of benzene rings is 2. The SMILES string of the molecule is C=CCc1ccccc1NC(=O)/C=C/c1cccc(Cl)c1. The molecule has 0 aliphatic heterocycles. The van der Waals surface area contributed by atoms with Gasteiger partial charge < -0.3 is 5.32 Å². The molecule has 2 nitrogen and oxygen atoms in total. The number of amides is 1. The predicted octanol–water partition coefficient (Wildman–Crippen LogP) is 4.72. The first kappa shape index (κ1) is 15.1. The van der Waals surface area contributed by atoms with E-state index >= 15 is 0 Å². The zero-order chi connectivity index (χ0) is 15.1. The topological polar surface area (TPSA) is 29.1 Å². The highest BCUT2D eigenvalue weighted by atomic mass is 35.5. The molecule has 0 heterocycles. The highest BCUT2D eigenvalue weighted by molar-refractivity contribution is 6.30. The molecular weight excluding hydrogens is 282 g/mol. The lowest BCUT2D eigenvalue weighted by Gasteiger charge is -2.07. The molecule has 0 saturated heterocycles. The molecule has 0 spiro atoms. The summed E-state index contributed by atoms with van der Waals surface area (Å²) in [5.41, 5.74) is 2.73. The Morgan fingerprint density at radius 2 is 2.00 bits per heavy atom. The van der Waals surface area contributed by atoms with Gasteiger partial charge in [-0.05, 0) is 41.8 Å². The van der Waals surface area contributed by atoms with Crippen LogP contribution in [-0.2, 0) is 11.2 Å². The van der Waals surface area contributed by atoms with Crippen LogP contribution in [0.3, 0.4) is 0 Å². The van der Waals surface area contributed by atoms with E-state index in [1.165, 1.54) is 6.08 Å². The van der Waals surface area contributed by atoms with Gasteiger partial charge in [-0.1, -0.05) is 48.0 Å². The van der Waals surface area contributed by atoms with E-state index in [0.717, 1.165) is 16.8 Å². The average Bonchev–Trinajstić information content (AvgIpc) is 2.48. The highest BCUT2D eigenvalue weighted by Gasteiger charge is 2.02. The molecule has 0 aliphatic rings. The van der Waals surface area contributed by atoms with Crippen molar-refractivity contribution in [3.63, 3.8) is 0 Å². The molecule has 0 radical (unpaired) electrons. The lowest BCUT2D eigenvalue weighted by Crippen LogP contribution is -2.09. The van der Waals surface area contributed by atoms with Crippen molar-refractivity contribution in [3.05, 3.63) is 83.4 Å². The lowest BCUT2D eigenvalue weighted by molar-refractivity contribution is -0.111. The fourth-order valence-electron chi connectivity index (χ4n) is 1.93. The zero-order valence-corrected chi connectivity index (χ0v) is 12.3. The van der Waals surface area contributed by atoms with E-state index in [9.17, 15) is 4.79 Å². The molecule has 21 heavy (non-hydrogen) atoms. The largest absolute Gasteiger partial charge is 0.322 e. The van der Waals surface area contributed by atoms with Gasteiger partial charge in [-0.3, -0.25) is 4.79 Å². The molecule has 0 unspecified atom stereocenters. The Morgan fingerprint density at radius 3 is 2.76 bits per heavy atom. The van der Waals surface area contributed by atoms with Gasteiger partial charge in [0, 0.05) is 16.8 Å². The van der Waals surface area contributed by atoms with Gasteiger partial charge in [0.2, 0.25) is 5.91 Å². The van der Waals surface area contributed by atoms with E-state index in [0.29, 0.717) is 11.4 Å². The van der Waals surface area contributed by atoms with Gasteiger partial charge in [0.25, 0.3) is 0 Å².